The summed E-state index contributed by atoms with van der Waals surface area (Å²) in [7, 11) is 1.71. The summed E-state index contributed by atoms with van der Waals surface area (Å²) in [6.45, 7) is 5.61. The van der Waals surface area contributed by atoms with Crippen molar-refractivity contribution >= 4 is 5.69 Å². The van der Waals surface area contributed by atoms with Crippen molar-refractivity contribution in [2.45, 2.75) is 20.3 Å². The molecule has 0 bridgehead atoms. The molecule has 0 saturated carbocycles. The van der Waals surface area contributed by atoms with Crippen molar-refractivity contribution < 1.29 is 4.74 Å². The van der Waals surface area contributed by atoms with E-state index in [1.54, 1.807) is 7.11 Å². The molecule has 14 heavy (non-hydrogen) atoms. The average molecular weight is 191 g/mol. The van der Waals surface area contributed by atoms with Gasteiger partial charge in [-0.3, -0.25) is 0 Å². The first kappa shape index (κ1) is 9.38. The minimum atomic E-state index is 0.347. The first-order chi connectivity index (χ1) is 6.61. The molecule has 0 saturated heterocycles. The fourth-order valence-electron chi connectivity index (χ4n) is 1.93. The Bertz CT molecular complexity index is 344. The van der Waals surface area contributed by atoms with Crippen LogP contribution in [0.25, 0.3) is 0 Å². The first-order valence-electron chi connectivity index (χ1n) is 5.01. The van der Waals surface area contributed by atoms with Crippen LogP contribution in [-0.2, 0) is 6.42 Å². The standard InChI is InChI=1S/C12H17NO/c1-12(2)7-9-6-10(14-3)4-5-11(9)13-8-12/h4-6,13H,7-8H2,1-3H3. The van der Waals surface area contributed by atoms with Crippen LogP contribution in [0.5, 0.6) is 5.75 Å². The van der Waals surface area contributed by atoms with Crippen LogP contribution in [-0.4, -0.2) is 13.7 Å². The summed E-state index contributed by atoms with van der Waals surface area (Å²) < 4.78 is 5.22. The molecule has 1 aliphatic rings. The molecule has 76 valence electrons. The molecular weight excluding hydrogens is 174 g/mol. The molecule has 1 aliphatic heterocycles. The predicted molar refractivity (Wildman–Crippen MR) is 59.0 cm³/mol. The predicted octanol–water partition coefficient (Wildman–Crippen LogP) is 2.69. The van der Waals surface area contributed by atoms with Crippen molar-refractivity contribution in [3.63, 3.8) is 0 Å². The molecule has 0 aromatic heterocycles. The van der Waals surface area contributed by atoms with Gasteiger partial charge in [-0.15, -0.1) is 0 Å². The van der Waals surface area contributed by atoms with Gasteiger partial charge in [0.25, 0.3) is 0 Å². The van der Waals surface area contributed by atoms with Crippen LogP contribution in [0.3, 0.4) is 0 Å². The van der Waals surface area contributed by atoms with Crippen LogP contribution < -0.4 is 10.1 Å². The largest absolute Gasteiger partial charge is 0.497 e. The van der Waals surface area contributed by atoms with Crippen LogP contribution in [0.1, 0.15) is 19.4 Å². The number of anilines is 1. The van der Waals surface area contributed by atoms with Crippen LogP contribution >= 0.6 is 0 Å². The zero-order chi connectivity index (χ0) is 10.2. The van der Waals surface area contributed by atoms with Crippen LogP contribution in [0.2, 0.25) is 0 Å². The summed E-state index contributed by atoms with van der Waals surface area (Å²) in [4.78, 5) is 0. The number of hydrogen-bond acceptors (Lipinski definition) is 2. The van der Waals surface area contributed by atoms with E-state index in [0.29, 0.717) is 5.41 Å². The van der Waals surface area contributed by atoms with E-state index in [0.717, 1.165) is 18.7 Å². The molecule has 1 heterocycles. The number of benzene rings is 1. The normalized spacial score (nSPS) is 18.2. The highest BCUT2D eigenvalue weighted by Crippen LogP contribution is 2.33. The third-order valence-corrected chi connectivity index (χ3v) is 2.74. The maximum absolute atomic E-state index is 5.22. The van der Waals surface area contributed by atoms with Gasteiger partial charge < -0.3 is 10.1 Å². The maximum Gasteiger partial charge on any atom is 0.119 e. The minimum Gasteiger partial charge on any atom is -0.497 e. The Morgan fingerprint density at radius 3 is 2.86 bits per heavy atom. The van der Waals surface area contributed by atoms with Gasteiger partial charge in [-0.05, 0) is 35.6 Å². The highest BCUT2D eigenvalue weighted by Gasteiger charge is 2.24. The van der Waals surface area contributed by atoms with Crippen LogP contribution in [0, 0.1) is 5.41 Å². The molecule has 0 unspecified atom stereocenters. The fraction of sp³-hybridized carbons (Fsp3) is 0.500. The number of ether oxygens (including phenoxy) is 1. The highest BCUT2D eigenvalue weighted by atomic mass is 16.5. The molecule has 0 fully saturated rings. The highest BCUT2D eigenvalue weighted by molar-refractivity contribution is 5.56. The number of fused-ring (bicyclic) bond motifs is 1. The lowest BCUT2D eigenvalue weighted by molar-refractivity contribution is 0.376. The zero-order valence-electron chi connectivity index (χ0n) is 9.05. The van der Waals surface area contributed by atoms with E-state index in [1.165, 1.54) is 11.3 Å². The molecule has 1 aromatic carbocycles. The molecule has 2 nitrogen and oxygen atoms in total. The summed E-state index contributed by atoms with van der Waals surface area (Å²) in [5.74, 6) is 0.947. The lowest BCUT2D eigenvalue weighted by atomic mass is 9.82. The van der Waals surface area contributed by atoms with Gasteiger partial charge in [0.1, 0.15) is 5.75 Å². The van der Waals surface area contributed by atoms with Gasteiger partial charge in [0, 0.05) is 12.2 Å². The van der Waals surface area contributed by atoms with Crippen molar-refractivity contribution in [1.29, 1.82) is 0 Å². The second kappa shape index (κ2) is 3.19. The van der Waals surface area contributed by atoms with E-state index >= 15 is 0 Å². The number of hydrogen-bond donors (Lipinski definition) is 1. The van der Waals surface area contributed by atoms with Crippen LogP contribution in [0.4, 0.5) is 5.69 Å². The van der Waals surface area contributed by atoms with Gasteiger partial charge in [0.05, 0.1) is 7.11 Å². The van der Waals surface area contributed by atoms with Gasteiger partial charge in [-0.2, -0.15) is 0 Å². The molecule has 0 radical (unpaired) electrons. The number of rotatable bonds is 1. The van der Waals surface area contributed by atoms with Crippen LogP contribution in [0.15, 0.2) is 18.2 Å². The van der Waals surface area contributed by atoms with E-state index in [4.69, 9.17) is 4.74 Å². The molecule has 0 aliphatic carbocycles. The van der Waals surface area contributed by atoms with E-state index in [1.807, 2.05) is 6.07 Å². The molecular formula is C12H17NO. The monoisotopic (exact) mass is 191 g/mol. The first-order valence-corrected chi connectivity index (χ1v) is 5.01. The molecule has 1 N–H and O–H groups in total. The van der Waals surface area contributed by atoms with E-state index in [2.05, 4.69) is 31.3 Å². The van der Waals surface area contributed by atoms with E-state index in [9.17, 15) is 0 Å². The van der Waals surface area contributed by atoms with Gasteiger partial charge in [-0.1, -0.05) is 13.8 Å². The van der Waals surface area contributed by atoms with Gasteiger partial charge in [0.15, 0.2) is 0 Å². The Morgan fingerprint density at radius 2 is 2.14 bits per heavy atom. The summed E-state index contributed by atoms with van der Waals surface area (Å²) in [6, 6.07) is 6.23. The Hall–Kier alpha value is -1.18. The second-order valence-electron chi connectivity index (χ2n) is 4.72. The van der Waals surface area contributed by atoms with Crippen molar-refractivity contribution in [2.24, 2.45) is 5.41 Å². The zero-order valence-corrected chi connectivity index (χ0v) is 9.05. The van der Waals surface area contributed by atoms with Crippen molar-refractivity contribution in [1.82, 2.24) is 0 Å². The van der Waals surface area contributed by atoms with Gasteiger partial charge in [-0.25, -0.2) is 0 Å². The minimum absolute atomic E-state index is 0.347. The van der Waals surface area contributed by atoms with E-state index in [-0.39, 0.29) is 0 Å². The Morgan fingerprint density at radius 1 is 1.36 bits per heavy atom. The summed E-state index contributed by atoms with van der Waals surface area (Å²) in [5, 5.41) is 3.45. The number of methoxy groups -OCH3 is 1. The third-order valence-electron chi connectivity index (χ3n) is 2.74. The van der Waals surface area contributed by atoms with Crippen molar-refractivity contribution in [2.75, 3.05) is 19.0 Å². The molecule has 0 atom stereocenters. The van der Waals surface area contributed by atoms with Crippen molar-refractivity contribution in [3.05, 3.63) is 23.8 Å². The SMILES string of the molecule is COc1ccc2c(c1)CC(C)(C)CN2. The molecule has 2 rings (SSSR count). The molecule has 0 amide bonds. The molecule has 0 spiro atoms. The average Bonchev–Trinajstić information content (AvgIpc) is 2.15. The summed E-state index contributed by atoms with van der Waals surface area (Å²) in [6.07, 6.45) is 1.12. The number of nitrogens with one attached hydrogen (secondary N) is 1. The maximum atomic E-state index is 5.22. The molecule has 1 aromatic rings. The lowest BCUT2D eigenvalue weighted by Gasteiger charge is -2.32. The Kier molecular flexibility index (Phi) is 2.14. The Labute approximate surface area is 85.3 Å². The Balaban J connectivity index is 2.34. The molecule has 2 heteroatoms. The summed E-state index contributed by atoms with van der Waals surface area (Å²) in [5.41, 5.74) is 2.96. The summed E-state index contributed by atoms with van der Waals surface area (Å²) >= 11 is 0. The third kappa shape index (κ3) is 1.69. The fourth-order valence-corrected chi connectivity index (χ4v) is 1.93. The smallest absolute Gasteiger partial charge is 0.119 e. The van der Waals surface area contributed by atoms with Gasteiger partial charge >= 0.3 is 0 Å². The van der Waals surface area contributed by atoms with E-state index < -0.39 is 0 Å². The second-order valence-corrected chi connectivity index (χ2v) is 4.72. The lowest BCUT2D eigenvalue weighted by Crippen LogP contribution is -2.30. The van der Waals surface area contributed by atoms with Crippen molar-refractivity contribution in [3.8, 4) is 5.75 Å². The topological polar surface area (TPSA) is 21.3 Å². The quantitative estimate of drug-likeness (QED) is 0.737. The van der Waals surface area contributed by atoms with Gasteiger partial charge in [0.2, 0.25) is 0 Å².